The van der Waals surface area contributed by atoms with Crippen molar-refractivity contribution in [3.05, 3.63) is 22.4 Å². The standard InChI is InChI=1S/C14H24N4S.HI/c1-3-18(13-4-5-13)8-7-16-14(15-2)17-10-12-6-9-19-11-12;/h6,9,11,13H,3-5,7-8,10H2,1-2H3,(H2,15,16,17);1H. The topological polar surface area (TPSA) is 39.7 Å². The van der Waals surface area contributed by atoms with Crippen LogP contribution in [0.2, 0.25) is 0 Å². The van der Waals surface area contributed by atoms with Gasteiger partial charge in [0, 0.05) is 32.7 Å². The molecule has 1 fully saturated rings. The monoisotopic (exact) mass is 408 g/mol. The Hall–Kier alpha value is -0.340. The Kier molecular flexibility index (Phi) is 8.47. The number of likely N-dealkylation sites (N-methyl/N-ethyl adjacent to an activating group) is 1. The van der Waals surface area contributed by atoms with Gasteiger partial charge in [0.1, 0.15) is 0 Å². The van der Waals surface area contributed by atoms with Gasteiger partial charge in [0.2, 0.25) is 0 Å². The van der Waals surface area contributed by atoms with Gasteiger partial charge in [0.25, 0.3) is 0 Å². The number of nitrogens with one attached hydrogen (secondary N) is 2. The van der Waals surface area contributed by atoms with Crippen molar-refractivity contribution < 1.29 is 0 Å². The number of nitrogens with zero attached hydrogens (tertiary/aromatic N) is 2. The Morgan fingerprint density at radius 2 is 2.25 bits per heavy atom. The summed E-state index contributed by atoms with van der Waals surface area (Å²) in [5, 5.41) is 11.0. The van der Waals surface area contributed by atoms with Crippen LogP contribution in [-0.4, -0.2) is 43.6 Å². The summed E-state index contributed by atoms with van der Waals surface area (Å²) in [7, 11) is 1.82. The zero-order chi connectivity index (χ0) is 13.5. The van der Waals surface area contributed by atoms with Crippen LogP contribution in [0.5, 0.6) is 0 Å². The van der Waals surface area contributed by atoms with Gasteiger partial charge in [-0.2, -0.15) is 11.3 Å². The molecule has 114 valence electrons. The van der Waals surface area contributed by atoms with E-state index in [1.165, 1.54) is 18.4 Å². The van der Waals surface area contributed by atoms with Gasteiger partial charge < -0.3 is 10.6 Å². The Bertz CT molecular complexity index is 390. The van der Waals surface area contributed by atoms with Crippen LogP contribution in [0.15, 0.2) is 21.8 Å². The molecule has 1 aromatic heterocycles. The first-order valence-corrected chi connectivity index (χ1v) is 7.97. The Morgan fingerprint density at radius 1 is 1.45 bits per heavy atom. The quantitative estimate of drug-likeness (QED) is 0.414. The van der Waals surface area contributed by atoms with Crippen molar-refractivity contribution in [2.24, 2.45) is 4.99 Å². The summed E-state index contributed by atoms with van der Waals surface area (Å²) >= 11 is 1.73. The lowest BCUT2D eigenvalue weighted by molar-refractivity contribution is 0.282. The number of rotatable bonds is 7. The lowest BCUT2D eigenvalue weighted by Crippen LogP contribution is -2.41. The van der Waals surface area contributed by atoms with Gasteiger partial charge in [-0.05, 0) is 41.8 Å². The summed E-state index contributed by atoms with van der Waals surface area (Å²) in [6, 6.07) is 2.98. The van der Waals surface area contributed by atoms with Crippen LogP contribution in [0, 0.1) is 0 Å². The second-order valence-electron chi connectivity index (χ2n) is 4.84. The molecule has 1 aliphatic carbocycles. The molecule has 20 heavy (non-hydrogen) atoms. The summed E-state index contributed by atoms with van der Waals surface area (Å²) in [5.41, 5.74) is 1.31. The lowest BCUT2D eigenvalue weighted by atomic mass is 10.3. The molecule has 4 nitrogen and oxygen atoms in total. The molecule has 1 saturated carbocycles. The molecule has 0 aromatic carbocycles. The fourth-order valence-corrected chi connectivity index (χ4v) is 2.82. The first-order chi connectivity index (χ1) is 9.33. The van der Waals surface area contributed by atoms with Gasteiger partial charge in [-0.1, -0.05) is 6.92 Å². The highest BCUT2D eigenvalue weighted by Gasteiger charge is 2.27. The number of hydrogen-bond donors (Lipinski definition) is 2. The molecule has 0 radical (unpaired) electrons. The van der Waals surface area contributed by atoms with E-state index in [9.17, 15) is 0 Å². The number of halogens is 1. The van der Waals surface area contributed by atoms with E-state index in [0.717, 1.165) is 38.2 Å². The zero-order valence-corrected chi connectivity index (χ0v) is 15.4. The first kappa shape index (κ1) is 17.7. The smallest absolute Gasteiger partial charge is 0.191 e. The summed E-state index contributed by atoms with van der Waals surface area (Å²) in [6.45, 7) is 6.27. The number of aliphatic imine (C=N–C) groups is 1. The third-order valence-electron chi connectivity index (χ3n) is 3.42. The van der Waals surface area contributed by atoms with Crippen LogP contribution in [-0.2, 0) is 6.54 Å². The lowest BCUT2D eigenvalue weighted by Gasteiger charge is -2.20. The average molecular weight is 408 g/mol. The maximum Gasteiger partial charge on any atom is 0.191 e. The SMILES string of the molecule is CCN(CCNC(=NC)NCc1ccsc1)C1CC1.I. The molecule has 6 heteroatoms. The largest absolute Gasteiger partial charge is 0.355 e. The van der Waals surface area contributed by atoms with Crippen LogP contribution < -0.4 is 10.6 Å². The molecule has 1 heterocycles. The van der Waals surface area contributed by atoms with Crippen molar-refractivity contribution in [1.82, 2.24) is 15.5 Å². The molecule has 0 atom stereocenters. The van der Waals surface area contributed by atoms with Gasteiger partial charge in [0.15, 0.2) is 5.96 Å². The summed E-state index contributed by atoms with van der Waals surface area (Å²) in [6.07, 6.45) is 2.75. The van der Waals surface area contributed by atoms with Crippen molar-refractivity contribution in [2.75, 3.05) is 26.7 Å². The van der Waals surface area contributed by atoms with Crippen molar-refractivity contribution >= 4 is 41.3 Å². The van der Waals surface area contributed by atoms with Crippen molar-refractivity contribution in [2.45, 2.75) is 32.4 Å². The number of thiophene rings is 1. The predicted octanol–water partition coefficient (Wildman–Crippen LogP) is 2.52. The molecule has 2 N–H and O–H groups in total. The van der Waals surface area contributed by atoms with Gasteiger partial charge in [-0.25, -0.2) is 0 Å². The van der Waals surface area contributed by atoms with E-state index in [1.807, 2.05) is 7.05 Å². The minimum absolute atomic E-state index is 0. The highest BCUT2D eigenvalue weighted by atomic mass is 127. The molecule has 1 aromatic rings. The third kappa shape index (κ3) is 5.97. The molecule has 1 aliphatic rings. The van der Waals surface area contributed by atoms with Crippen LogP contribution in [0.25, 0.3) is 0 Å². The molecule has 0 amide bonds. The predicted molar refractivity (Wildman–Crippen MR) is 98.2 cm³/mol. The Morgan fingerprint density at radius 3 is 2.80 bits per heavy atom. The molecule has 0 aliphatic heterocycles. The highest BCUT2D eigenvalue weighted by Crippen LogP contribution is 2.25. The fourth-order valence-electron chi connectivity index (χ4n) is 2.16. The number of hydrogen-bond acceptors (Lipinski definition) is 3. The van der Waals surface area contributed by atoms with Crippen LogP contribution in [0.3, 0.4) is 0 Å². The van der Waals surface area contributed by atoms with Crippen molar-refractivity contribution in [3.63, 3.8) is 0 Å². The first-order valence-electron chi connectivity index (χ1n) is 7.03. The second-order valence-corrected chi connectivity index (χ2v) is 5.62. The molecule has 2 rings (SSSR count). The molecular formula is C14H25IN4S. The summed E-state index contributed by atoms with van der Waals surface area (Å²) in [4.78, 5) is 6.79. The van der Waals surface area contributed by atoms with Gasteiger partial charge in [-0.15, -0.1) is 24.0 Å². The second kappa shape index (κ2) is 9.57. The maximum absolute atomic E-state index is 4.25. The molecule has 0 spiro atoms. The maximum atomic E-state index is 4.25. The Labute approximate surface area is 143 Å². The third-order valence-corrected chi connectivity index (χ3v) is 4.16. The molecule has 0 unspecified atom stereocenters. The zero-order valence-electron chi connectivity index (χ0n) is 12.3. The van der Waals surface area contributed by atoms with Gasteiger partial charge in [0.05, 0.1) is 0 Å². The van der Waals surface area contributed by atoms with Crippen molar-refractivity contribution in [1.29, 1.82) is 0 Å². The van der Waals surface area contributed by atoms with E-state index in [4.69, 9.17) is 0 Å². The van der Waals surface area contributed by atoms with Gasteiger partial charge in [-0.3, -0.25) is 9.89 Å². The van der Waals surface area contributed by atoms with E-state index in [0.29, 0.717) is 0 Å². The molecular weight excluding hydrogens is 383 g/mol. The van der Waals surface area contributed by atoms with Crippen LogP contribution >= 0.6 is 35.3 Å². The molecule has 0 saturated heterocycles. The molecule has 0 bridgehead atoms. The van der Waals surface area contributed by atoms with Crippen LogP contribution in [0.1, 0.15) is 25.3 Å². The van der Waals surface area contributed by atoms with E-state index in [1.54, 1.807) is 11.3 Å². The minimum Gasteiger partial charge on any atom is -0.355 e. The Balaban J connectivity index is 0.00000200. The van der Waals surface area contributed by atoms with E-state index < -0.39 is 0 Å². The van der Waals surface area contributed by atoms with Crippen molar-refractivity contribution in [3.8, 4) is 0 Å². The van der Waals surface area contributed by atoms with Crippen LogP contribution in [0.4, 0.5) is 0 Å². The summed E-state index contributed by atoms with van der Waals surface area (Å²) in [5.74, 6) is 0.887. The van der Waals surface area contributed by atoms with E-state index in [-0.39, 0.29) is 24.0 Å². The number of guanidine groups is 1. The normalized spacial score (nSPS) is 15.1. The van der Waals surface area contributed by atoms with E-state index >= 15 is 0 Å². The summed E-state index contributed by atoms with van der Waals surface area (Å²) < 4.78 is 0. The van der Waals surface area contributed by atoms with E-state index in [2.05, 4.69) is 44.3 Å². The minimum atomic E-state index is 0. The highest BCUT2D eigenvalue weighted by molar-refractivity contribution is 14.0. The fraction of sp³-hybridized carbons (Fsp3) is 0.643. The average Bonchev–Trinajstić information content (AvgIpc) is 3.14. The van der Waals surface area contributed by atoms with Gasteiger partial charge >= 0.3 is 0 Å².